The largest absolute Gasteiger partial charge is 0.384 e. The van der Waals surface area contributed by atoms with Gasteiger partial charge in [0.15, 0.2) is 0 Å². The van der Waals surface area contributed by atoms with Crippen LogP contribution in [0.1, 0.15) is 12.8 Å². The summed E-state index contributed by atoms with van der Waals surface area (Å²) in [5.74, 6) is 0.804. The van der Waals surface area contributed by atoms with Crippen LogP contribution in [0.2, 0.25) is 0 Å². The molecule has 1 fully saturated rings. The van der Waals surface area contributed by atoms with Crippen molar-refractivity contribution in [2.45, 2.75) is 19.1 Å². The van der Waals surface area contributed by atoms with Gasteiger partial charge in [0, 0.05) is 0 Å². The minimum absolute atomic E-state index is 0.186. The average Bonchev–Trinajstić information content (AvgIpc) is 2.34. The maximum absolute atomic E-state index is 5.53. The van der Waals surface area contributed by atoms with Crippen LogP contribution in [0.4, 0.5) is 0 Å². The quantitative estimate of drug-likeness (QED) is 0.519. The zero-order valence-corrected chi connectivity index (χ0v) is 5.62. The van der Waals surface area contributed by atoms with E-state index >= 15 is 0 Å². The Kier molecular flexibility index (Phi) is 1.27. The van der Waals surface area contributed by atoms with Gasteiger partial charge in [-0.2, -0.15) is 0 Å². The molecule has 2 heterocycles. The van der Waals surface area contributed by atoms with Crippen LogP contribution in [0.15, 0.2) is 5.16 Å². The predicted octanol–water partition coefficient (Wildman–Crippen LogP) is 0.0415. The van der Waals surface area contributed by atoms with E-state index in [1.54, 1.807) is 0 Å². The molecule has 10 heavy (non-hydrogen) atoms. The van der Waals surface area contributed by atoms with Crippen molar-refractivity contribution < 1.29 is 9.57 Å². The van der Waals surface area contributed by atoms with Gasteiger partial charge in [-0.05, 0) is 12.8 Å². The van der Waals surface area contributed by atoms with Gasteiger partial charge < -0.3 is 15.3 Å². The van der Waals surface area contributed by atoms with Gasteiger partial charge in [-0.1, -0.05) is 5.16 Å². The third kappa shape index (κ3) is 0.759. The van der Waals surface area contributed by atoms with Gasteiger partial charge in [-0.25, -0.2) is 0 Å². The zero-order valence-electron chi connectivity index (χ0n) is 5.62. The molecule has 0 aromatic rings. The molecule has 2 aliphatic heterocycles. The second kappa shape index (κ2) is 2.12. The minimum atomic E-state index is -0.186. The van der Waals surface area contributed by atoms with E-state index in [0.717, 1.165) is 19.4 Å². The molecule has 0 aromatic carbocycles. The van der Waals surface area contributed by atoms with Gasteiger partial charge in [0.25, 0.3) is 0 Å². The standard InChI is InChI=1S/C6H10N2O2/c7-5-4-2-1-3-9-6(4)10-8-5/h4,6H,1-3H2,(H2,7,8). The lowest BCUT2D eigenvalue weighted by Crippen LogP contribution is -2.34. The summed E-state index contributed by atoms with van der Waals surface area (Å²) in [6.45, 7) is 0.768. The van der Waals surface area contributed by atoms with Crippen LogP contribution >= 0.6 is 0 Å². The Labute approximate surface area is 59.0 Å². The third-order valence-corrected chi connectivity index (χ3v) is 1.91. The Bertz CT molecular complexity index is 169. The number of nitrogens with zero attached hydrogens (tertiary/aromatic N) is 1. The van der Waals surface area contributed by atoms with E-state index in [-0.39, 0.29) is 12.2 Å². The Hall–Kier alpha value is -0.770. The molecule has 0 aromatic heterocycles. The monoisotopic (exact) mass is 142 g/mol. The molecular weight excluding hydrogens is 132 g/mol. The molecule has 2 aliphatic rings. The van der Waals surface area contributed by atoms with Crippen LogP contribution in [-0.2, 0) is 9.57 Å². The highest BCUT2D eigenvalue weighted by Crippen LogP contribution is 2.26. The number of fused-ring (bicyclic) bond motifs is 1. The summed E-state index contributed by atoms with van der Waals surface area (Å²) < 4.78 is 5.26. The van der Waals surface area contributed by atoms with E-state index < -0.39 is 0 Å². The molecule has 56 valence electrons. The Morgan fingerprint density at radius 3 is 3.30 bits per heavy atom. The van der Waals surface area contributed by atoms with Crippen molar-refractivity contribution in [1.82, 2.24) is 0 Å². The highest BCUT2D eigenvalue weighted by Gasteiger charge is 2.35. The lowest BCUT2D eigenvalue weighted by atomic mass is 10.0. The van der Waals surface area contributed by atoms with Gasteiger partial charge in [-0.15, -0.1) is 0 Å². The van der Waals surface area contributed by atoms with Gasteiger partial charge in [-0.3, -0.25) is 0 Å². The third-order valence-electron chi connectivity index (χ3n) is 1.91. The molecule has 2 rings (SSSR count). The Balaban J connectivity index is 2.08. The Morgan fingerprint density at radius 2 is 2.50 bits per heavy atom. The number of rotatable bonds is 0. The summed E-state index contributed by atoms with van der Waals surface area (Å²) in [6, 6.07) is 0. The molecule has 4 nitrogen and oxygen atoms in total. The highest BCUT2D eigenvalue weighted by atomic mass is 16.8. The molecule has 1 saturated heterocycles. The summed E-state index contributed by atoms with van der Waals surface area (Å²) in [6.07, 6.45) is 1.91. The van der Waals surface area contributed by atoms with Crippen LogP contribution < -0.4 is 5.73 Å². The van der Waals surface area contributed by atoms with Crippen molar-refractivity contribution >= 4 is 5.84 Å². The summed E-state index contributed by atoms with van der Waals surface area (Å²) in [4.78, 5) is 4.91. The molecule has 2 atom stereocenters. The SMILES string of the molecule is NC1=NOC2OCCCC12. The van der Waals surface area contributed by atoms with Crippen molar-refractivity contribution in [3.05, 3.63) is 0 Å². The fourth-order valence-corrected chi connectivity index (χ4v) is 1.33. The van der Waals surface area contributed by atoms with Crippen molar-refractivity contribution in [3.8, 4) is 0 Å². The number of amidine groups is 1. The first-order valence-electron chi connectivity index (χ1n) is 3.49. The molecule has 2 N–H and O–H groups in total. The van der Waals surface area contributed by atoms with E-state index in [1.807, 2.05) is 0 Å². The molecule has 0 aliphatic carbocycles. The molecule has 0 amide bonds. The van der Waals surface area contributed by atoms with E-state index in [4.69, 9.17) is 15.3 Å². The summed E-state index contributed by atoms with van der Waals surface area (Å²) in [5.41, 5.74) is 5.53. The number of nitrogens with two attached hydrogens (primary N) is 1. The van der Waals surface area contributed by atoms with E-state index in [2.05, 4.69) is 5.16 Å². The van der Waals surface area contributed by atoms with Gasteiger partial charge >= 0.3 is 0 Å². The number of hydrogen-bond acceptors (Lipinski definition) is 4. The first kappa shape index (κ1) is 5.97. The maximum Gasteiger partial charge on any atom is 0.236 e. The normalized spacial score (nSPS) is 38.2. The van der Waals surface area contributed by atoms with Crippen molar-refractivity contribution in [3.63, 3.8) is 0 Å². The van der Waals surface area contributed by atoms with Crippen LogP contribution in [0.5, 0.6) is 0 Å². The van der Waals surface area contributed by atoms with E-state index in [9.17, 15) is 0 Å². The number of hydrogen-bond donors (Lipinski definition) is 1. The van der Waals surface area contributed by atoms with Crippen molar-refractivity contribution in [1.29, 1.82) is 0 Å². The Morgan fingerprint density at radius 1 is 1.60 bits per heavy atom. The maximum atomic E-state index is 5.53. The van der Waals surface area contributed by atoms with Gasteiger partial charge in [0.1, 0.15) is 5.84 Å². The summed E-state index contributed by atoms with van der Waals surface area (Å²) in [7, 11) is 0. The van der Waals surface area contributed by atoms with Gasteiger partial charge in [0.05, 0.1) is 12.5 Å². The topological polar surface area (TPSA) is 56.8 Å². The highest BCUT2D eigenvalue weighted by molar-refractivity contribution is 5.83. The van der Waals surface area contributed by atoms with E-state index in [1.165, 1.54) is 0 Å². The van der Waals surface area contributed by atoms with Crippen LogP contribution in [0, 0.1) is 5.92 Å². The molecular formula is C6H10N2O2. The minimum Gasteiger partial charge on any atom is -0.384 e. The number of oxime groups is 1. The first-order valence-corrected chi connectivity index (χ1v) is 3.49. The van der Waals surface area contributed by atoms with Crippen LogP contribution in [0.25, 0.3) is 0 Å². The molecule has 2 unspecified atom stereocenters. The molecule has 4 heteroatoms. The van der Waals surface area contributed by atoms with Crippen LogP contribution in [0.3, 0.4) is 0 Å². The fourth-order valence-electron chi connectivity index (χ4n) is 1.33. The van der Waals surface area contributed by atoms with Gasteiger partial charge in [0.2, 0.25) is 6.29 Å². The molecule has 0 saturated carbocycles. The second-order valence-electron chi connectivity index (χ2n) is 2.61. The summed E-state index contributed by atoms with van der Waals surface area (Å²) in [5, 5.41) is 3.65. The zero-order chi connectivity index (χ0) is 6.97. The fraction of sp³-hybridized carbons (Fsp3) is 0.833. The lowest BCUT2D eigenvalue weighted by Gasteiger charge is -2.22. The molecule has 0 spiro atoms. The van der Waals surface area contributed by atoms with E-state index in [0.29, 0.717) is 5.84 Å². The predicted molar refractivity (Wildman–Crippen MR) is 35.2 cm³/mol. The molecule has 0 bridgehead atoms. The van der Waals surface area contributed by atoms with Crippen molar-refractivity contribution in [2.75, 3.05) is 6.61 Å². The average molecular weight is 142 g/mol. The van der Waals surface area contributed by atoms with Crippen LogP contribution in [-0.4, -0.2) is 18.7 Å². The second-order valence-corrected chi connectivity index (χ2v) is 2.61. The number of ether oxygens (including phenoxy) is 1. The lowest BCUT2D eigenvalue weighted by molar-refractivity contribution is -0.162. The smallest absolute Gasteiger partial charge is 0.236 e. The summed E-state index contributed by atoms with van der Waals surface area (Å²) >= 11 is 0. The molecule has 0 radical (unpaired) electrons. The van der Waals surface area contributed by atoms with Crippen molar-refractivity contribution in [2.24, 2.45) is 16.8 Å². The first-order chi connectivity index (χ1) is 4.88.